The lowest BCUT2D eigenvalue weighted by Crippen LogP contribution is -2.44. The molecule has 4 N–H and O–H groups in total. The van der Waals surface area contributed by atoms with Crippen LogP contribution >= 0.6 is 0 Å². The third-order valence-electron chi connectivity index (χ3n) is 4.79. The Morgan fingerprint density at radius 1 is 1.48 bits per heavy atom. The van der Waals surface area contributed by atoms with E-state index in [1.807, 2.05) is 6.20 Å². The van der Waals surface area contributed by atoms with Crippen LogP contribution < -0.4 is 5.32 Å². The highest BCUT2D eigenvalue weighted by Gasteiger charge is 2.53. The highest BCUT2D eigenvalue weighted by molar-refractivity contribution is 5.91. The second kappa shape index (κ2) is 5.13. The second-order valence-electron chi connectivity index (χ2n) is 6.39. The molecule has 0 aromatic carbocycles. The Morgan fingerprint density at radius 2 is 2.30 bits per heavy atom. The minimum atomic E-state index is -1.53. The van der Waals surface area contributed by atoms with Crippen molar-refractivity contribution in [1.82, 2.24) is 14.5 Å². The van der Waals surface area contributed by atoms with Gasteiger partial charge in [-0.25, -0.2) is 9.97 Å². The number of aliphatic hydroxyl groups is 3. The quantitative estimate of drug-likeness (QED) is 0.605. The van der Waals surface area contributed by atoms with E-state index in [0.29, 0.717) is 5.65 Å². The molecule has 124 valence electrons. The van der Waals surface area contributed by atoms with Crippen molar-refractivity contribution in [2.45, 2.75) is 43.8 Å². The topological polar surface area (TPSA) is 113 Å². The summed E-state index contributed by atoms with van der Waals surface area (Å²) in [4.78, 5) is 8.64. The van der Waals surface area contributed by atoms with Gasteiger partial charge in [-0.05, 0) is 25.3 Å². The molecular formula is C15H20N4O4. The first-order valence-corrected chi connectivity index (χ1v) is 7.79. The first-order valence-electron chi connectivity index (χ1n) is 7.79. The van der Waals surface area contributed by atoms with Gasteiger partial charge in [0.15, 0.2) is 6.23 Å². The lowest BCUT2D eigenvalue weighted by molar-refractivity contribution is -0.0948. The number of nitrogens with one attached hydrogen (secondary N) is 1. The van der Waals surface area contributed by atoms with E-state index in [1.165, 1.54) is 13.3 Å². The van der Waals surface area contributed by atoms with Gasteiger partial charge >= 0.3 is 0 Å². The van der Waals surface area contributed by atoms with Crippen LogP contribution in [-0.4, -0.2) is 60.8 Å². The number of rotatable bonds is 2. The minimum Gasteiger partial charge on any atom is -0.394 e. The van der Waals surface area contributed by atoms with Gasteiger partial charge in [0.25, 0.3) is 0 Å². The summed E-state index contributed by atoms with van der Waals surface area (Å²) in [5.74, 6) is 0.776. The molecule has 4 rings (SSSR count). The maximum absolute atomic E-state index is 10.7. The first kappa shape index (κ1) is 14.8. The molecule has 1 unspecified atom stereocenters. The molecule has 2 aliphatic heterocycles. The highest BCUT2D eigenvalue weighted by Crippen LogP contribution is 2.41. The third kappa shape index (κ3) is 2.06. The van der Waals surface area contributed by atoms with Gasteiger partial charge in [0, 0.05) is 12.7 Å². The van der Waals surface area contributed by atoms with Crippen molar-refractivity contribution >= 4 is 16.9 Å². The lowest BCUT2D eigenvalue weighted by Gasteiger charge is -2.27. The normalized spacial score (nSPS) is 33.7. The predicted octanol–water partition coefficient (Wildman–Crippen LogP) is -0.209. The molecule has 0 aliphatic carbocycles. The van der Waals surface area contributed by atoms with Crippen LogP contribution in [0.1, 0.15) is 25.1 Å². The van der Waals surface area contributed by atoms with Gasteiger partial charge in [0.1, 0.15) is 35.6 Å². The average molecular weight is 320 g/mol. The van der Waals surface area contributed by atoms with Crippen molar-refractivity contribution in [1.29, 1.82) is 0 Å². The molecule has 23 heavy (non-hydrogen) atoms. The molecular weight excluding hydrogens is 300 g/mol. The fourth-order valence-corrected chi connectivity index (χ4v) is 3.54. The Labute approximate surface area is 132 Å². The largest absolute Gasteiger partial charge is 0.394 e. The van der Waals surface area contributed by atoms with Gasteiger partial charge in [-0.1, -0.05) is 0 Å². The summed E-state index contributed by atoms with van der Waals surface area (Å²) in [5.41, 5.74) is 0.205. The summed E-state index contributed by atoms with van der Waals surface area (Å²) in [5, 5.41) is 34.5. The van der Waals surface area contributed by atoms with Crippen molar-refractivity contribution in [3.8, 4) is 0 Å². The maximum Gasteiger partial charge on any atom is 0.167 e. The molecule has 2 aliphatic rings. The van der Waals surface area contributed by atoms with Crippen LogP contribution in [0.3, 0.4) is 0 Å². The molecule has 8 heteroatoms. The number of hydrogen-bond acceptors (Lipinski definition) is 7. The van der Waals surface area contributed by atoms with Gasteiger partial charge in [-0.3, -0.25) is 0 Å². The second-order valence-corrected chi connectivity index (χ2v) is 6.39. The highest BCUT2D eigenvalue weighted by atomic mass is 16.6. The Morgan fingerprint density at radius 3 is 3.04 bits per heavy atom. The van der Waals surface area contributed by atoms with E-state index in [1.54, 1.807) is 4.57 Å². The Balaban J connectivity index is 1.87. The molecule has 0 amide bonds. The summed E-state index contributed by atoms with van der Waals surface area (Å²) >= 11 is 0. The number of ether oxygens (including phenoxy) is 1. The number of hydrogen-bond donors (Lipinski definition) is 4. The molecule has 8 nitrogen and oxygen atoms in total. The zero-order valence-corrected chi connectivity index (χ0v) is 12.8. The number of anilines is 1. The molecule has 0 saturated carbocycles. The van der Waals surface area contributed by atoms with E-state index in [0.717, 1.165) is 36.2 Å². The van der Waals surface area contributed by atoms with Crippen molar-refractivity contribution in [3.63, 3.8) is 0 Å². The van der Waals surface area contributed by atoms with Crippen LogP contribution in [0.15, 0.2) is 12.5 Å². The SMILES string of the molecule is CC1(O)[C@H](O)[C@@H](CO)O[C@H]1n1cc2c3c(ncnc31)NCCC2. The molecule has 0 bridgehead atoms. The van der Waals surface area contributed by atoms with Crippen LogP contribution in [0, 0.1) is 0 Å². The Hall–Kier alpha value is -1.74. The van der Waals surface area contributed by atoms with Gasteiger partial charge in [0.05, 0.1) is 12.0 Å². The first-order chi connectivity index (χ1) is 11.0. The fraction of sp³-hybridized carbons (Fsp3) is 0.600. The lowest BCUT2D eigenvalue weighted by atomic mass is 9.96. The molecule has 2 aromatic heterocycles. The van der Waals surface area contributed by atoms with Gasteiger partial charge < -0.3 is 29.9 Å². The number of nitrogens with zero attached hydrogens (tertiary/aromatic N) is 3. The van der Waals surface area contributed by atoms with E-state index in [-0.39, 0.29) is 6.61 Å². The summed E-state index contributed by atoms with van der Waals surface area (Å²) in [6, 6.07) is 0. The van der Waals surface area contributed by atoms with Crippen molar-refractivity contribution in [3.05, 3.63) is 18.1 Å². The predicted molar refractivity (Wildman–Crippen MR) is 82.0 cm³/mol. The molecule has 0 radical (unpaired) electrons. The van der Waals surface area contributed by atoms with Crippen molar-refractivity contribution in [2.24, 2.45) is 0 Å². The molecule has 4 heterocycles. The van der Waals surface area contributed by atoms with Crippen molar-refractivity contribution < 1.29 is 20.1 Å². The maximum atomic E-state index is 10.7. The van der Waals surface area contributed by atoms with E-state index in [4.69, 9.17) is 4.74 Å². The van der Waals surface area contributed by atoms with E-state index in [2.05, 4.69) is 15.3 Å². The summed E-state index contributed by atoms with van der Waals surface area (Å²) in [7, 11) is 0. The number of aromatic nitrogens is 3. The number of aryl methyl sites for hydroxylation is 1. The van der Waals surface area contributed by atoms with Gasteiger partial charge in [-0.2, -0.15) is 0 Å². The van der Waals surface area contributed by atoms with Crippen LogP contribution in [0.5, 0.6) is 0 Å². The summed E-state index contributed by atoms with van der Waals surface area (Å²) < 4.78 is 7.45. The van der Waals surface area contributed by atoms with Gasteiger partial charge in [0.2, 0.25) is 0 Å². The minimum absolute atomic E-state index is 0.359. The molecule has 1 fully saturated rings. The zero-order chi connectivity index (χ0) is 16.2. The average Bonchev–Trinajstić information content (AvgIpc) is 2.90. The molecule has 0 spiro atoms. The molecule has 1 saturated heterocycles. The monoisotopic (exact) mass is 320 g/mol. The summed E-state index contributed by atoms with van der Waals surface area (Å²) in [6.45, 7) is 2.00. The summed E-state index contributed by atoms with van der Waals surface area (Å²) in [6.07, 6.45) is 2.39. The van der Waals surface area contributed by atoms with E-state index >= 15 is 0 Å². The molecule has 2 aromatic rings. The van der Waals surface area contributed by atoms with Crippen LogP contribution in [0.2, 0.25) is 0 Å². The Bertz CT molecular complexity index is 744. The van der Waals surface area contributed by atoms with Gasteiger partial charge in [-0.15, -0.1) is 0 Å². The van der Waals surface area contributed by atoms with E-state index < -0.39 is 24.0 Å². The zero-order valence-electron chi connectivity index (χ0n) is 12.8. The standard InChI is InChI=1S/C15H20N4O4/c1-15(22)11(21)9(6-20)23-14(15)19-5-8-3-2-4-16-12-10(8)13(19)18-7-17-12/h5,7,9,11,14,20-22H,2-4,6H2,1H3,(H,16,17,18)/t9-,11-,14-,15?/m1/s1. The Kier molecular flexibility index (Phi) is 3.31. The van der Waals surface area contributed by atoms with Crippen LogP contribution in [0.4, 0.5) is 5.82 Å². The van der Waals surface area contributed by atoms with Crippen LogP contribution in [0.25, 0.3) is 11.0 Å². The fourth-order valence-electron chi connectivity index (χ4n) is 3.54. The van der Waals surface area contributed by atoms with Crippen LogP contribution in [-0.2, 0) is 11.2 Å². The molecule has 4 atom stereocenters. The smallest absolute Gasteiger partial charge is 0.167 e. The number of aliphatic hydroxyl groups excluding tert-OH is 2. The third-order valence-corrected chi connectivity index (χ3v) is 4.79. The van der Waals surface area contributed by atoms with Crippen molar-refractivity contribution in [2.75, 3.05) is 18.5 Å². The van der Waals surface area contributed by atoms with E-state index in [9.17, 15) is 15.3 Å².